The Hall–Kier alpha value is -5.14. The monoisotopic (exact) mass is 523 g/mol. The van der Waals surface area contributed by atoms with Gasteiger partial charge in [0.15, 0.2) is 0 Å². The summed E-state index contributed by atoms with van der Waals surface area (Å²) in [6.45, 7) is 4.38. The second kappa shape index (κ2) is 9.21. The normalized spacial score (nSPS) is 11.7. The number of fused-ring (bicyclic) bond motifs is 5. The molecule has 7 aromatic carbocycles. The van der Waals surface area contributed by atoms with Gasteiger partial charge in [-0.1, -0.05) is 126 Å². The first-order valence-electron chi connectivity index (χ1n) is 14.3. The highest BCUT2D eigenvalue weighted by Crippen LogP contribution is 2.44. The molecule has 0 amide bonds. The van der Waals surface area contributed by atoms with Crippen molar-refractivity contribution in [1.82, 2.24) is 4.57 Å². The molecule has 0 aliphatic carbocycles. The number of benzene rings is 7. The molecular weight excluding hydrogens is 494 g/mol. The third kappa shape index (κ3) is 3.70. The van der Waals surface area contributed by atoms with Crippen molar-refractivity contribution in [3.8, 4) is 27.9 Å². The van der Waals surface area contributed by atoms with E-state index in [-0.39, 0.29) is 0 Å². The molecule has 0 spiro atoms. The van der Waals surface area contributed by atoms with E-state index in [0.29, 0.717) is 0 Å². The summed E-state index contributed by atoms with van der Waals surface area (Å²) in [5.41, 5.74) is 11.3. The molecule has 0 bridgehead atoms. The van der Waals surface area contributed by atoms with Gasteiger partial charge in [0.05, 0.1) is 11.0 Å². The highest BCUT2D eigenvalue weighted by atomic mass is 15.0. The predicted octanol–water partition coefficient (Wildman–Crippen LogP) is 11.0. The lowest BCUT2D eigenvalue weighted by Crippen LogP contribution is -1.94. The quantitative estimate of drug-likeness (QED) is 0.203. The molecule has 0 saturated heterocycles. The fourth-order valence-corrected chi connectivity index (χ4v) is 6.85. The van der Waals surface area contributed by atoms with E-state index in [9.17, 15) is 0 Å². The van der Waals surface area contributed by atoms with Crippen molar-refractivity contribution < 1.29 is 0 Å². The van der Waals surface area contributed by atoms with Gasteiger partial charge in [-0.15, -0.1) is 0 Å². The molecule has 1 heteroatoms. The van der Waals surface area contributed by atoms with E-state index in [1.807, 2.05) is 0 Å². The van der Waals surface area contributed by atoms with Crippen molar-refractivity contribution >= 4 is 43.4 Å². The Morgan fingerprint density at radius 3 is 1.22 bits per heavy atom. The second-order valence-electron chi connectivity index (χ2n) is 11.1. The van der Waals surface area contributed by atoms with Gasteiger partial charge in [-0.3, -0.25) is 0 Å². The first kappa shape index (κ1) is 23.7. The van der Waals surface area contributed by atoms with Gasteiger partial charge in [-0.2, -0.15) is 0 Å². The highest BCUT2D eigenvalue weighted by molar-refractivity contribution is 6.21. The van der Waals surface area contributed by atoms with Gasteiger partial charge in [0.1, 0.15) is 0 Å². The molecule has 0 unspecified atom stereocenters. The van der Waals surface area contributed by atoms with Crippen molar-refractivity contribution in [1.29, 1.82) is 0 Å². The van der Waals surface area contributed by atoms with Crippen molar-refractivity contribution in [2.75, 3.05) is 0 Å². The molecule has 0 saturated carbocycles. The summed E-state index contributed by atoms with van der Waals surface area (Å²) in [5.74, 6) is 0. The van der Waals surface area contributed by atoms with Crippen molar-refractivity contribution in [2.24, 2.45) is 0 Å². The molecule has 0 aliphatic rings. The van der Waals surface area contributed by atoms with Gasteiger partial charge >= 0.3 is 0 Å². The zero-order valence-electron chi connectivity index (χ0n) is 23.2. The van der Waals surface area contributed by atoms with E-state index in [0.717, 1.165) is 0 Å². The Balaban J connectivity index is 1.38. The number of aromatic nitrogens is 1. The highest BCUT2D eigenvalue weighted by Gasteiger charge is 2.17. The Kier molecular flexibility index (Phi) is 5.33. The maximum absolute atomic E-state index is 2.38. The van der Waals surface area contributed by atoms with Gasteiger partial charge in [-0.05, 0) is 81.9 Å². The zero-order chi connectivity index (χ0) is 27.5. The molecule has 1 nitrogen and oxygen atoms in total. The lowest BCUT2D eigenvalue weighted by molar-refractivity contribution is 1.18. The number of hydrogen-bond donors (Lipinski definition) is 0. The van der Waals surface area contributed by atoms with Crippen LogP contribution in [0.15, 0.2) is 140 Å². The minimum atomic E-state index is 1.17. The van der Waals surface area contributed by atoms with Gasteiger partial charge in [0, 0.05) is 16.5 Å². The standard InChI is InChI=1S/C40H29N/c1-26-23-27(2)25-29(24-26)40-35-15-5-3-13-33(35)39(34-14-4-6-16-36(34)40)28-19-21-30(22-20-28)41-37-17-9-7-11-31(37)32-12-8-10-18-38(32)41/h3-25H,1-2H3. The molecule has 1 heterocycles. The molecule has 1 aromatic heterocycles. The molecule has 0 N–H and O–H groups in total. The van der Waals surface area contributed by atoms with Crippen LogP contribution in [0.5, 0.6) is 0 Å². The van der Waals surface area contributed by atoms with Crippen LogP contribution in [0.2, 0.25) is 0 Å². The lowest BCUT2D eigenvalue weighted by Gasteiger charge is -2.18. The number of hydrogen-bond acceptors (Lipinski definition) is 0. The maximum Gasteiger partial charge on any atom is 0.0541 e. The van der Waals surface area contributed by atoms with Crippen LogP contribution in [0, 0.1) is 13.8 Å². The minimum Gasteiger partial charge on any atom is -0.309 e. The van der Waals surface area contributed by atoms with Gasteiger partial charge in [0.2, 0.25) is 0 Å². The van der Waals surface area contributed by atoms with Crippen LogP contribution in [-0.4, -0.2) is 4.57 Å². The summed E-state index contributed by atoms with van der Waals surface area (Å²) >= 11 is 0. The fourth-order valence-electron chi connectivity index (χ4n) is 6.85. The molecule has 0 atom stereocenters. The molecule has 8 rings (SSSR count). The van der Waals surface area contributed by atoms with Crippen LogP contribution in [0.1, 0.15) is 11.1 Å². The zero-order valence-corrected chi connectivity index (χ0v) is 23.2. The van der Waals surface area contributed by atoms with Crippen molar-refractivity contribution in [2.45, 2.75) is 13.8 Å². The SMILES string of the molecule is Cc1cc(C)cc(-c2c3ccccc3c(-c3ccc(-n4c5ccccc5c5ccccc54)cc3)c3ccccc23)c1. The van der Waals surface area contributed by atoms with Crippen LogP contribution in [0.3, 0.4) is 0 Å². The topological polar surface area (TPSA) is 4.93 Å². The van der Waals surface area contributed by atoms with Gasteiger partial charge < -0.3 is 4.57 Å². The van der Waals surface area contributed by atoms with Crippen LogP contribution in [-0.2, 0) is 0 Å². The van der Waals surface area contributed by atoms with Crippen molar-refractivity contribution in [3.63, 3.8) is 0 Å². The molecule has 0 radical (unpaired) electrons. The molecule has 194 valence electrons. The first-order valence-corrected chi connectivity index (χ1v) is 14.3. The number of rotatable bonds is 3. The summed E-state index contributed by atoms with van der Waals surface area (Å²) < 4.78 is 2.38. The van der Waals surface area contributed by atoms with Crippen LogP contribution >= 0.6 is 0 Å². The first-order chi connectivity index (χ1) is 20.2. The predicted molar refractivity (Wildman–Crippen MR) is 176 cm³/mol. The third-order valence-electron chi connectivity index (χ3n) is 8.44. The molecule has 8 aromatic rings. The Morgan fingerprint density at radius 2 is 0.756 bits per heavy atom. The Labute approximate surface area is 239 Å². The van der Waals surface area contributed by atoms with Crippen LogP contribution in [0.4, 0.5) is 0 Å². The number of para-hydroxylation sites is 2. The van der Waals surface area contributed by atoms with E-state index in [1.54, 1.807) is 0 Å². The summed E-state index contributed by atoms with van der Waals surface area (Å²) in [4.78, 5) is 0. The van der Waals surface area contributed by atoms with Gasteiger partial charge in [0.25, 0.3) is 0 Å². The van der Waals surface area contributed by atoms with Gasteiger partial charge in [-0.25, -0.2) is 0 Å². The molecule has 41 heavy (non-hydrogen) atoms. The van der Waals surface area contributed by atoms with E-state index in [4.69, 9.17) is 0 Å². The van der Waals surface area contributed by atoms with E-state index >= 15 is 0 Å². The minimum absolute atomic E-state index is 1.17. The van der Waals surface area contributed by atoms with E-state index < -0.39 is 0 Å². The number of nitrogens with zero attached hydrogens (tertiary/aromatic N) is 1. The molecule has 0 aliphatic heterocycles. The second-order valence-corrected chi connectivity index (χ2v) is 11.1. The Morgan fingerprint density at radius 1 is 0.366 bits per heavy atom. The average Bonchev–Trinajstić information content (AvgIpc) is 3.34. The smallest absolute Gasteiger partial charge is 0.0541 e. The van der Waals surface area contributed by atoms with E-state index in [2.05, 4.69) is 158 Å². The fraction of sp³-hybridized carbons (Fsp3) is 0.0500. The summed E-state index contributed by atoms with van der Waals surface area (Å²) in [6, 6.07) is 51.2. The Bertz CT molecular complexity index is 2130. The van der Waals surface area contributed by atoms with Crippen molar-refractivity contribution in [3.05, 3.63) is 151 Å². The summed E-state index contributed by atoms with van der Waals surface area (Å²) in [7, 11) is 0. The van der Waals surface area contributed by atoms with E-state index in [1.165, 1.54) is 82.4 Å². The maximum atomic E-state index is 2.38. The summed E-state index contributed by atoms with van der Waals surface area (Å²) in [5, 5.41) is 7.71. The van der Waals surface area contributed by atoms with Crippen LogP contribution < -0.4 is 0 Å². The molecule has 0 fully saturated rings. The number of aryl methyl sites for hydroxylation is 2. The summed E-state index contributed by atoms with van der Waals surface area (Å²) in [6.07, 6.45) is 0. The lowest BCUT2D eigenvalue weighted by atomic mass is 9.85. The average molecular weight is 524 g/mol. The molecular formula is C40H29N. The third-order valence-corrected chi connectivity index (χ3v) is 8.44. The van der Waals surface area contributed by atoms with Crippen LogP contribution in [0.25, 0.3) is 71.3 Å². The largest absolute Gasteiger partial charge is 0.309 e.